The quantitative estimate of drug-likeness (QED) is 0.741. The Morgan fingerprint density at radius 3 is 2.71 bits per heavy atom. The number of piperazine rings is 1. The topological polar surface area (TPSA) is 86.8 Å². The Kier molecular flexibility index (Phi) is 6.36. The molecule has 164 valence electrons. The number of carbonyl (C=O) groups excluding carboxylic acids is 2. The number of nitrogens with one attached hydrogen (secondary N) is 2. The number of amides is 2. The third-order valence-corrected chi connectivity index (χ3v) is 5.77. The van der Waals surface area contributed by atoms with E-state index in [0.29, 0.717) is 5.69 Å². The van der Waals surface area contributed by atoms with E-state index in [0.717, 1.165) is 68.3 Å². The first-order chi connectivity index (χ1) is 15.1. The fourth-order valence-corrected chi connectivity index (χ4v) is 4.01. The highest BCUT2D eigenvalue weighted by molar-refractivity contribution is 5.97. The van der Waals surface area contributed by atoms with Gasteiger partial charge in [-0.25, -0.2) is 4.98 Å². The zero-order valence-electron chi connectivity index (χ0n) is 18.1. The highest BCUT2D eigenvalue weighted by Crippen LogP contribution is 2.32. The Bertz CT molecular complexity index is 939. The minimum absolute atomic E-state index is 0.0591. The summed E-state index contributed by atoms with van der Waals surface area (Å²) in [5.41, 5.74) is 3.37. The van der Waals surface area contributed by atoms with Gasteiger partial charge >= 0.3 is 0 Å². The van der Waals surface area contributed by atoms with Gasteiger partial charge in [0.2, 0.25) is 0 Å². The van der Waals surface area contributed by atoms with Gasteiger partial charge in [0.15, 0.2) is 6.10 Å². The Morgan fingerprint density at radius 2 is 2.03 bits per heavy atom. The molecule has 2 aliphatic heterocycles. The molecule has 0 spiro atoms. The summed E-state index contributed by atoms with van der Waals surface area (Å²) in [6.45, 7) is 6.51. The average molecular weight is 424 g/mol. The minimum Gasteiger partial charge on any atom is -0.478 e. The molecule has 2 aromatic rings. The molecule has 2 N–H and O–H groups in total. The third-order valence-electron chi connectivity index (χ3n) is 5.77. The van der Waals surface area contributed by atoms with Crippen molar-refractivity contribution < 1.29 is 14.3 Å². The minimum atomic E-state index is -0.392. The molecule has 1 atom stereocenters. The van der Waals surface area contributed by atoms with Gasteiger partial charge in [0.05, 0.1) is 17.6 Å². The number of carbonyl (C=O) groups is 2. The third kappa shape index (κ3) is 4.80. The largest absolute Gasteiger partial charge is 0.478 e. The first kappa shape index (κ1) is 21.1. The molecule has 0 unspecified atom stereocenters. The maximum atomic E-state index is 12.2. The van der Waals surface area contributed by atoms with E-state index in [1.807, 2.05) is 25.1 Å². The number of aromatic nitrogens is 1. The van der Waals surface area contributed by atoms with Crippen molar-refractivity contribution in [3.63, 3.8) is 0 Å². The summed E-state index contributed by atoms with van der Waals surface area (Å²) in [6.07, 6.45) is 3.00. The van der Waals surface area contributed by atoms with Gasteiger partial charge in [-0.3, -0.25) is 14.5 Å². The van der Waals surface area contributed by atoms with Gasteiger partial charge in [0.1, 0.15) is 11.4 Å². The van der Waals surface area contributed by atoms with Crippen LogP contribution in [0.1, 0.15) is 35.8 Å². The van der Waals surface area contributed by atoms with Crippen molar-refractivity contribution in [3.8, 4) is 5.75 Å². The molecule has 2 aliphatic rings. The Balaban J connectivity index is 1.33. The molecular formula is C23H29N5O3. The summed E-state index contributed by atoms with van der Waals surface area (Å²) < 4.78 is 5.86. The van der Waals surface area contributed by atoms with Crippen LogP contribution in [0.3, 0.4) is 0 Å². The van der Waals surface area contributed by atoms with Gasteiger partial charge in [0.25, 0.3) is 11.8 Å². The van der Waals surface area contributed by atoms with Gasteiger partial charge in [-0.2, -0.15) is 0 Å². The lowest BCUT2D eigenvalue weighted by atomic mass is 10.1. The van der Waals surface area contributed by atoms with Crippen LogP contribution in [-0.4, -0.2) is 61.0 Å². The second-order valence-corrected chi connectivity index (χ2v) is 7.96. The molecule has 4 rings (SSSR count). The molecule has 31 heavy (non-hydrogen) atoms. The van der Waals surface area contributed by atoms with Gasteiger partial charge in [-0.1, -0.05) is 19.4 Å². The first-order valence-corrected chi connectivity index (χ1v) is 10.8. The second kappa shape index (κ2) is 9.34. The van der Waals surface area contributed by atoms with Gasteiger partial charge in [-0.15, -0.1) is 0 Å². The SMILES string of the molecule is CCC[C@H]1Oc2ccc(CN3CCN(c4ccc(C(=O)NC)nc4)CC3)cc2NC1=O. The molecule has 3 heterocycles. The molecule has 1 aromatic carbocycles. The predicted molar refractivity (Wildman–Crippen MR) is 120 cm³/mol. The fourth-order valence-electron chi connectivity index (χ4n) is 4.01. The van der Waals surface area contributed by atoms with Crippen LogP contribution >= 0.6 is 0 Å². The fraction of sp³-hybridized carbons (Fsp3) is 0.435. The highest BCUT2D eigenvalue weighted by atomic mass is 16.5. The summed E-state index contributed by atoms with van der Waals surface area (Å²) in [7, 11) is 1.60. The molecule has 8 nitrogen and oxygen atoms in total. The molecule has 1 aromatic heterocycles. The summed E-state index contributed by atoms with van der Waals surface area (Å²) in [5, 5.41) is 5.58. The number of nitrogens with zero attached hydrogens (tertiary/aromatic N) is 3. The van der Waals surface area contributed by atoms with Crippen molar-refractivity contribution in [2.24, 2.45) is 0 Å². The molecule has 1 saturated heterocycles. The van der Waals surface area contributed by atoms with Crippen molar-refractivity contribution in [1.29, 1.82) is 0 Å². The Hall–Kier alpha value is -3.13. The van der Waals surface area contributed by atoms with Crippen LogP contribution in [0.2, 0.25) is 0 Å². The van der Waals surface area contributed by atoms with E-state index in [1.165, 1.54) is 0 Å². The van der Waals surface area contributed by atoms with Gasteiger partial charge < -0.3 is 20.3 Å². The van der Waals surface area contributed by atoms with Crippen molar-refractivity contribution in [1.82, 2.24) is 15.2 Å². The maximum Gasteiger partial charge on any atom is 0.269 e. The smallest absolute Gasteiger partial charge is 0.269 e. The summed E-state index contributed by atoms with van der Waals surface area (Å²) >= 11 is 0. The van der Waals surface area contributed by atoms with Crippen LogP contribution in [0.15, 0.2) is 36.5 Å². The number of anilines is 2. The van der Waals surface area contributed by atoms with Crippen LogP contribution in [-0.2, 0) is 11.3 Å². The van der Waals surface area contributed by atoms with Crippen molar-refractivity contribution >= 4 is 23.2 Å². The van der Waals surface area contributed by atoms with Crippen molar-refractivity contribution in [2.45, 2.75) is 32.4 Å². The molecule has 8 heteroatoms. The molecule has 0 bridgehead atoms. The number of hydrogen-bond acceptors (Lipinski definition) is 6. The van der Waals surface area contributed by atoms with E-state index in [4.69, 9.17) is 4.74 Å². The van der Waals surface area contributed by atoms with Crippen LogP contribution in [0.4, 0.5) is 11.4 Å². The average Bonchev–Trinajstić information content (AvgIpc) is 2.80. The van der Waals surface area contributed by atoms with E-state index in [9.17, 15) is 9.59 Å². The molecule has 0 aliphatic carbocycles. The maximum absolute atomic E-state index is 12.2. The van der Waals surface area contributed by atoms with Gasteiger partial charge in [-0.05, 0) is 36.2 Å². The summed E-state index contributed by atoms with van der Waals surface area (Å²) in [6, 6.07) is 9.76. The van der Waals surface area contributed by atoms with Crippen molar-refractivity contribution in [3.05, 3.63) is 47.8 Å². The van der Waals surface area contributed by atoms with E-state index in [2.05, 4.69) is 31.5 Å². The summed E-state index contributed by atoms with van der Waals surface area (Å²) in [4.78, 5) is 32.8. The van der Waals surface area contributed by atoms with E-state index < -0.39 is 6.10 Å². The molecular weight excluding hydrogens is 394 g/mol. The zero-order valence-corrected chi connectivity index (χ0v) is 18.1. The lowest BCUT2D eigenvalue weighted by Gasteiger charge is -2.36. The van der Waals surface area contributed by atoms with Crippen LogP contribution < -0.4 is 20.3 Å². The monoisotopic (exact) mass is 423 g/mol. The molecule has 1 fully saturated rings. The van der Waals surface area contributed by atoms with Gasteiger partial charge in [0, 0.05) is 39.8 Å². The van der Waals surface area contributed by atoms with Crippen LogP contribution in [0.5, 0.6) is 5.75 Å². The number of hydrogen-bond donors (Lipinski definition) is 2. The number of fused-ring (bicyclic) bond motifs is 1. The molecule has 0 saturated carbocycles. The number of pyridine rings is 1. The normalized spacial score (nSPS) is 18.7. The number of ether oxygens (including phenoxy) is 1. The molecule has 2 amide bonds. The van der Waals surface area contributed by atoms with Crippen LogP contribution in [0, 0.1) is 0 Å². The Morgan fingerprint density at radius 1 is 1.23 bits per heavy atom. The lowest BCUT2D eigenvalue weighted by Crippen LogP contribution is -2.46. The predicted octanol–water partition coefficient (Wildman–Crippen LogP) is 2.26. The lowest BCUT2D eigenvalue weighted by molar-refractivity contribution is -0.123. The first-order valence-electron chi connectivity index (χ1n) is 10.8. The number of benzene rings is 1. The molecule has 0 radical (unpaired) electrons. The van der Waals surface area contributed by atoms with E-state index in [-0.39, 0.29) is 11.8 Å². The Labute approximate surface area is 182 Å². The van der Waals surface area contributed by atoms with E-state index >= 15 is 0 Å². The second-order valence-electron chi connectivity index (χ2n) is 7.96. The summed E-state index contributed by atoms with van der Waals surface area (Å²) in [5.74, 6) is 0.513. The van der Waals surface area contributed by atoms with Crippen LogP contribution in [0.25, 0.3) is 0 Å². The van der Waals surface area contributed by atoms with Crippen molar-refractivity contribution in [2.75, 3.05) is 43.4 Å². The standard InChI is InChI=1S/C23H29N5O3/c1-3-4-21-23(30)26-19-13-16(5-8-20(19)31-21)15-27-9-11-28(12-10-27)17-6-7-18(25-14-17)22(29)24-2/h5-8,13-14,21H,3-4,9-12,15H2,1-2H3,(H,24,29)(H,26,30)/t21-/m1/s1. The highest BCUT2D eigenvalue weighted by Gasteiger charge is 2.27. The zero-order chi connectivity index (χ0) is 21.8. The van der Waals surface area contributed by atoms with E-state index in [1.54, 1.807) is 19.3 Å². The number of rotatable bonds is 6.